The maximum absolute atomic E-state index is 12.7. The topological polar surface area (TPSA) is 75.7 Å². The molecule has 0 aromatic heterocycles. The van der Waals surface area contributed by atoms with Crippen LogP contribution in [0.1, 0.15) is 30.4 Å². The molecule has 2 aromatic rings. The van der Waals surface area contributed by atoms with Crippen molar-refractivity contribution in [1.82, 2.24) is 4.72 Å². The number of hydrogen-bond donors (Lipinski definition) is 1. The number of anilines is 1. The molecule has 1 N–H and O–H groups in total. The third-order valence-corrected chi connectivity index (χ3v) is 6.34. The van der Waals surface area contributed by atoms with E-state index in [2.05, 4.69) is 29.0 Å². The first-order valence-electron chi connectivity index (χ1n) is 9.44. The third kappa shape index (κ3) is 4.72. The van der Waals surface area contributed by atoms with Crippen molar-refractivity contribution in [3.63, 3.8) is 0 Å². The maximum atomic E-state index is 12.7. The van der Waals surface area contributed by atoms with Gasteiger partial charge in [-0.1, -0.05) is 29.8 Å². The number of sulfonamides is 1. The van der Waals surface area contributed by atoms with Gasteiger partial charge in [0.05, 0.1) is 17.7 Å². The van der Waals surface area contributed by atoms with E-state index in [4.69, 9.17) is 4.74 Å². The highest BCUT2D eigenvalue weighted by Crippen LogP contribution is 2.33. The molecule has 0 spiro atoms. The Labute approximate surface area is 166 Å². The molecule has 3 rings (SSSR count). The second-order valence-corrected chi connectivity index (χ2v) is 8.74. The minimum absolute atomic E-state index is 0.0149. The molecule has 0 atom stereocenters. The van der Waals surface area contributed by atoms with Gasteiger partial charge in [0.1, 0.15) is 5.75 Å². The Kier molecular flexibility index (Phi) is 6.36. The van der Waals surface area contributed by atoms with E-state index in [1.807, 2.05) is 6.92 Å². The normalized spacial score (nSPS) is 14.5. The van der Waals surface area contributed by atoms with Gasteiger partial charge in [-0.2, -0.15) is 0 Å². The average Bonchev–Trinajstić information content (AvgIpc) is 3.12. The lowest BCUT2D eigenvalue weighted by Crippen LogP contribution is -2.27. The fourth-order valence-corrected chi connectivity index (χ4v) is 4.38. The van der Waals surface area contributed by atoms with Crippen LogP contribution in [0.2, 0.25) is 0 Å². The van der Waals surface area contributed by atoms with E-state index >= 15 is 0 Å². The number of carbonyl (C=O) groups excluding carboxylic acids is 1. The van der Waals surface area contributed by atoms with Gasteiger partial charge in [-0.15, -0.1) is 0 Å². The molecule has 1 aliphatic rings. The van der Waals surface area contributed by atoms with E-state index in [9.17, 15) is 13.2 Å². The summed E-state index contributed by atoms with van der Waals surface area (Å²) >= 11 is 0. The second-order valence-electron chi connectivity index (χ2n) is 6.97. The summed E-state index contributed by atoms with van der Waals surface area (Å²) in [6, 6.07) is 12.9. The Morgan fingerprint density at radius 1 is 1.14 bits per heavy atom. The molecule has 1 fully saturated rings. The third-order valence-electron chi connectivity index (χ3n) is 4.88. The van der Waals surface area contributed by atoms with Gasteiger partial charge in [0, 0.05) is 19.5 Å². The fraction of sp³-hybridized carbons (Fsp3) is 0.381. The van der Waals surface area contributed by atoms with Crippen molar-refractivity contribution in [2.24, 2.45) is 0 Å². The van der Waals surface area contributed by atoms with Crippen molar-refractivity contribution < 1.29 is 17.9 Å². The number of ether oxygens (including phenoxy) is 1. The molecule has 0 aliphatic carbocycles. The summed E-state index contributed by atoms with van der Waals surface area (Å²) < 4.78 is 33.3. The van der Waals surface area contributed by atoms with Crippen molar-refractivity contribution >= 4 is 21.6 Å². The molecule has 1 aliphatic heterocycles. The standard InChI is InChI=1S/C21H26N2O4S/c1-16-7-9-17(10-8-16)5-3-13-22-28(25,26)18-11-12-20(27-2)19(15-18)23-14-4-6-21(23)24/h7-12,15,22H,3-6,13-14H2,1-2H3. The smallest absolute Gasteiger partial charge is 0.240 e. The summed E-state index contributed by atoms with van der Waals surface area (Å²) in [7, 11) is -2.15. The number of nitrogens with one attached hydrogen (secondary N) is 1. The molecule has 0 bridgehead atoms. The SMILES string of the molecule is COc1ccc(S(=O)(=O)NCCCc2ccc(C)cc2)cc1N1CCCC1=O. The van der Waals surface area contributed by atoms with E-state index in [0.717, 1.165) is 12.8 Å². The summed E-state index contributed by atoms with van der Waals surface area (Å²) in [5.41, 5.74) is 2.90. The first-order chi connectivity index (χ1) is 13.4. The largest absolute Gasteiger partial charge is 0.495 e. The van der Waals surface area contributed by atoms with Gasteiger partial charge in [-0.3, -0.25) is 4.79 Å². The highest BCUT2D eigenvalue weighted by molar-refractivity contribution is 7.89. The summed E-state index contributed by atoms with van der Waals surface area (Å²) in [6.45, 7) is 2.96. The molecule has 28 heavy (non-hydrogen) atoms. The van der Waals surface area contributed by atoms with E-state index in [1.165, 1.54) is 30.4 Å². The number of methoxy groups -OCH3 is 1. The van der Waals surface area contributed by atoms with Crippen LogP contribution in [0.25, 0.3) is 0 Å². The first kappa shape index (κ1) is 20.4. The lowest BCUT2D eigenvalue weighted by molar-refractivity contribution is -0.117. The number of carbonyl (C=O) groups is 1. The quantitative estimate of drug-likeness (QED) is 0.689. The highest BCUT2D eigenvalue weighted by atomic mass is 32.2. The van der Waals surface area contributed by atoms with Crippen LogP contribution in [0.3, 0.4) is 0 Å². The second kappa shape index (κ2) is 8.75. The zero-order chi connectivity index (χ0) is 20.1. The lowest BCUT2D eigenvalue weighted by Gasteiger charge is -2.20. The van der Waals surface area contributed by atoms with Crippen LogP contribution in [-0.4, -0.2) is 34.5 Å². The summed E-state index contributed by atoms with van der Waals surface area (Å²) in [4.78, 5) is 13.8. The number of amides is 1. The van der Waals surface area contributed by atoms with E-state index in [1.54, 1.807) is 11.0 Å². The van der Waals surface area contributed by atoms with Gasteiger partial charge in [0.25, 0.3) is 0 Å². The number of aryl methyl sites for hydroxylation is 2. The maximum Gasteiger partial charge on any atom is 0.240 e. The predicted octanol–water partition coefficient (Wildman–Crippen LogP) is 3.04. The van der Waals surface area contributed by atoms with E-state index in [0.29, 0.717) is 37.4 Å². The molecule has 0 radical (unpaired) electrons. The zero-order valence-corrected chi connectivity index (χ0v) is 17.1. The van der Waals surface area contributed by atoms with Crippen molar-refractivity contribution in [3.8, 4) is 5.75 Å². The number of nitrogens with zero attached hydrogens (tertiary/aromatic N) is 1. The minimum Gasteiger partial charge on any atom is -0.495 e. The Morgan fingerprint density at radius 3 is 2.54 bits per heavy atom. The van der Waals surface area contributed by atoms with Crippen LogP contribution in [0, 0.1) is 6.92 Å². The Morgan fingerprint density at radius 2 is 1.89 bits per heavy atom. The fourth-order valence-electron chi connectivity index (χ4n) is 3.29. The van der Waals surface area contributed by atoms with Crippen molar-refractivity contribution in [1.29, 1.82) is 0 Å². The Hall–Kier alpha value is -2.38. The first-order valence-corrected chi connectivity index (χ1v) is 10.9. The molecule has 2 aromatic carbocycles. The van der Waals surface area contributed by atoms with Crippen LogP contribution in [0.5, 0.6) is 5.75 Å². The van der Waals surface area contributed by atoms with Crippen LogP contribution < -0.4 is 14.4 Å². The Bertz CT molecular complexity index is 939. The molecular formula is C21H26N2O4S. The van der Waals surface area contributed by atoms with E-state index < -0.39 is 10.0 Å². The predicted molar refractivity (Wildman–Crippen MR) is 109 cm³/mol. The van der Waals surface area contributed by atoms with Crippen LogP contribution in [0.15, 0.2) is 47.4 Å². The van der Waals surface area contributed by atoms with Gasteiger partial charge in [0.2, 0.25) is 15.9 Å². The summed E-state index contributed by atoms with van der Waals surface area (Å²) in [6.07, 6.45) is 2.74. The highest BCUT2D eigenvalue weighted by Gasteiger charge is 2.26. The molecule has 1 saturated heterocycles. The molecule has 6 nitrogen and oxygen atoms in total. The monoisotopic (exact) mass is 402 g/mol. The van der Waals surface area contributed by atoms with Crippen LogP contribution in [-0.2, 0) is 21.2 Å². The van der Waals surface area contributed by atoms with Crippen LogP contribution >= 0.6 is 0 Å². The minimum atomic E-state index is -3.66. The van der Waals surface area contributed by atoms with Gasteiger partial charge in [-0.05, 0) is 49.9 Å². The zero-order valence-electron chi connectivity index (χ0n) is 16.3. The molecular weight excluding hydrogens is 376 g/mol. The Balaban J connectivity index is 1.67. The molecule has 150 valence electrons. The van der Waals surface area contributed by atoms with Gasteiger partial charge in [0.15, 0.2) is 0 Å². The van der Waals surface area contributed by atoms with Gasteiger partial charge >= 0.3 is 0 Å². The van der Waals surface area contributed by atoms with Crippen molar-refractivity contribution in [2.45, 2.75) is 37.5 Å². The molecule has 0 unspecified atom stereocenters. The summed E-state index contributed by atoms with van der Waals surface area (Å²) in [5.74, 6) is 0.479. The van der Waals surface area contributed by atoms with Gasteiger partial charge in [-0.25, -0.2) is 13.1 Å². The lowest BCUT2D eigenvalue weighted by atomic mass is 10.1. The molecule has 7 heteroatoms. The van der Waals surface area contributed by atoms with E-state index in [-0.39, 0.29) is 10.8 Å². The number of hydrogen-bond acceptors (Lipinski definition) is 4. The molecule has 0 saturated carbocycles. The summed E-state index contributed by atoms with van der Waals surface area (Å²) in [5, 5.41) is 0. The van der Waals surface area contributed by atoms with Gasteiger partial charge < -0.3 is 9.64 Å². The molecule has 1 amide bonds. The van der Waals surface area contributed by atoms with Crippen LogP contribution in [0.4, 0.5) is 5.69 Å². The molecule has 1 heterocycles. The average molecular weight is 403 g/mol. The number of benzene rings is 2. The number of rotatable bonds is 8. The van der Waals surface area contributed by atoms with Crippen molar-refractivity contribution in [2.75, 3.05) is 25.1 Å². The van der Waals surface area contributed by atoms with Crippen molar-refractivity contribution in [3.05, 3.63) is 53.6 Å².